The quantitative estimate of drug-likeness (QED) is 0.685. The van der Waals surface area contributed by atoms with E-state index in [-0.39, 0.29) is 0 Å². The van der Waals surface area contributed by atoms with Crippen molar-refractivity contribution in [1.29, 1.82) is 0 Å². The van der Waals surface area contributed by atoms with E-state index in [1.54, 1.807) is 0 Å². The molecule has 2 aromatic carbocycles. The van der Waals surface area contributed by atoms with Crippen LogP contribution in [0.3, 0.4) is 0 Å². The molecule has 0 N–H and O–H groups in total. The predicted molar refractivity (Wildman–Crippen MR) is 65.2 cm³/mol. The molecule has 0 aliphatic heterocycles. The third-order valence-corrected chi connectivity index (χ3v) is 3.06. The van der Waals surface area contributed by atoms with E-state index in [4.69, 9.17) is 11.6 Å². The van der Waals surface area contributed by atoms with Gasteiger partial charge in [0, 0.05) is 11.6 Å². The second kappa shape index (κ2) is 4.84. The van der Waals surface area contributed by atoms with Crippen molar-refractivity contribution in [3.05, 3.63) is 70.8 Å². The Morgan fingerprint density at radius 2 is 1.82 bits per heavy atom. The van der Waals surface area contributed by atoms with Crippen LogP contribution >= 0.6 is 11.6 Å². The molecule has 0 bridgehead atoms. The van der Waals surface area contributed by atoms with Crippen LogP contribution < -0.4 is 0 Å². The van der Waals surface area contributed by atoms with Crippen molar-refractivity contribution in [1.82, 2.24) is 0 Å². The third kappa shape index (κ3) is 2.64. The molecule has 0 radical (unpaired) electrons. The van der Waals surface area contributed by atoms with Crippen LogP contribution in [-0.2, 0) is 0 Å². The van der Waals surface area contributed by atoms with E-state index in [0.29, 0.717) is 5.56 Å². The molecule has 2 rings (SSSR count). The molecule has 1 unspecified atom stereocenters. The highest BCUT2D eigenvalue weighted by Gasteiger charge is 2.15. The van der Waals surface area contributed by atoms with Crippen molar-refractivity contribution in [2.75, 3.05) is 0 Å². The molecular formula is C14H11ClF2. The fraction of sp³-hybridized carbons (Fsp3) is 0.143. The average molecular weight is 253 g/mol. The number of benzene rings is 2. The fourth-order valence-electron chi connectivity index (χ4n) is 1.71. The van der Waals surface area contributed by atoms with E-state index >= 15 is 0 Å². The lowest BCUT2D eigenvalue weighted by Crippen LogP contribution is -1.98. The Balaban J connectivity index is 2.40. The van der Waals surface area contributed by atoms with Gasteiger partial charge in [0.2, 0.25) is 0 Å². The maximum atomic E-state index is 13.6. The van der Waals surface area contributed by atoms with Crippen molar-refractivity contribution >= 4 is 11.6 Å². The molecule has 0 aliphatic rings. The number of alkyl halides is 1. The highest BCUT2D eigenvalue weighted by Crippen LogP contribution is 2.31. The summed E-state index contributed by atoms with van der Waals surface area (Å²) in [7, 11) is 0. The van der Waals surface area contributed by atoms with Crippen LogP contribution in [0.1, 0.15) is 22.1 Å². The van der Waals surface area contributed by atoms with E-state index in [1.807, 2.05) is 31.2 Å². The Bertz CT molecular complexity index is 537. The Labute approximate surface area is 104 Å². The smallest absolute Gasteiger partial charge is 0.131 e. The van der Waals surface area contributed by atoms with Gasteiger partial charge in [-0.25, -0.2) is 8.78 Å². The van der Waals surface area contributed by atoms with Gasteiger partial charge < -0.3 is 0 Å². The number of rotatable bonds is 2. The second-order valence-electron chi connectivity index (χ2n) is 3.94. The summed E-state index contributed by atoms with van der Waals surface area (Å²) in [5, 5.41) is -0.601. The van der Waals surface area contributed by atoms with Gasteiger partial charge in [0.15, 0.2) is 0 Å². The third-order valence-electron chi connectivity index (χ3n) is 2.57. The van der Waals surface area contributed by atoms with E-state index in [1.165, 1.54) is 12.1 Å². The van der Waals surface area contributed by atoms with Crippen LogP contribution in [0.15, 0.2) is 42.5 Å². The first-order chi connectivity index (χ1) is 8.08. The lowest BCUT2D eigenvalue weighted by molar-refractivity contribution is 0.573. The van der Waals surface area contributed by atoms with Gasteiger partial charge in [0.1, 0.15) is 11.6 Å². The van der Waals surface area contributed by atoms with Crippen molar-refractivity contribution < 1.29 is 8.78 Å². The molecule has 0 saturated heterocycles. The summed E-state index contributed by atoms with van der Waals surface area (Å²) in [6.07, 6.45) is 0. The Kier molecular flexibility index (Phi) is 3.43. The summed E-state index contributed by atoms with van der Waals surface area (Å²) in [4.78, 5) is 0. The van der Waals surface area contributed by atoms with Crippen LogP contribution in [0.4, 0.5) is 8.78 Å². The van der Waals surface area contributed by atoms with Gasteiger partial charge >= 0.3 is 0 Å². The maximum absolute atomic E-state index is 13.6. The molecule has 0 heterocycles. The molecule has 17 heavy (non-hydrogen) atoms. The molecule has 88 valence electrons. The standard InChI is InChI=1S/C14H11ClF2/c1-9-3-2-4-10(7-9)14(15)12-6-5-11(16)8-13(12)17/h2-8,14H,1H3. The highest BCUT2D eigenvalue weighted by molar-refractivity contribution is 6.22. The topological polar surface area (TPSA) is 0 Å². The van der Waals surface area contributed by atoms with Gasteiger partial charge in [0.05, 0.1) is 5.38 Å². The Hall–Kier alpha value is -1.41. The van der Waals surface area contributed by atoms with Gasteiger partial charge in [-0.15, -0.1) is 11.6 Å². The lowest BCUT2D eigenvalue weighted by Gasteiger charge is -2.12. The van der Waals surface area contributed by atoms with Gasteiger partial charge in [-0.1, -0.05) is 35.9 Å². The molecule has 0 spiro atoms. The second-order valence-corrected chi connectivity index (χ2v) is 4.38. The van der Waals surface area contributed by atoms with Crippen LogP contribution in [0.5, 0.6) is 0 Å². The molecule has 0 fully saturated rings. The SMILES string of the molecule is Cc1cccc(C(Cl)c2ccc(F)cc2F)c1. The normalized spacial score (nSPS) is 12.5. The molecule has 0 amide bonds. The molecule has 3 heteroatoms. The summed E-state index contributed by atoms with van der Waals surface area (Å²) in [5.74, 6) is -1.22. The largest absolute Gasteiger partial charge is 0.207 e. The monoisotopic (exact) mass is 252 g/mol. The predicted octanol–water partition coefficient (Wildman–Crippen LogP) is 4.60. The van der Waals surface area contributed by atoms with Crippen LogP contribution in [-0.4, -0.2) is 0 Å². The minimum Gasteiger partial charge on any atom is -0.207 e. The molecule has 0 aliphatic carbocycles. The van der Waals surface area contributed by atoms with Crippen LogP contribution in [0.25, 0.3) is 0 Å². The Morgan fingerprint density at radius 3 is 2.47 bits per heavy atom. The lowest BCUT2D eigenvalue weighted by atomic mass is 10.0. The van der Waals surface area contributed by atoms with Gasteiger partial charge in [-0.05, 0) is 18.6 Å². The molecule has 1 atom stereocenters. The zero-order chi connectivity index (χ0) is 12.4. The first kappa shape index (κ1) is 12.1. The van der Waals surface area contributed by atoms with Crippen LogP contribution in [0.2, 0.25) is 0 Å². The molecule has 0 nitrogen and oxygen atoms in total. The molecule has 0 saturated carbocycles. The minimum absolute atomic E-state index is 0.290. The fourth-order valence-corrected chi connectivity index (χ4v) is 2.03. The molecule has 0 aromatic heterocycles. The highest BCUT2D eigenvalue weighted by atomic mass is 35.5. The zero-order valence-electron chi connectivity index (χ0n) is 9.25. The zero-order valence-corrected chi connectivity index (χ0v) is 10.0. The minimum atomic E-state index is -0.619. The summed E-state index contributed by atoms with van der Waals surface area (Å²) in [6.45, 7) is 1.94. The summed E-state index contributed by atoms with van der Waals surface area (Å²) >= 11 is 6.20. The summed E-state index contributed by atoms with van der Waals surface area (Å²) in [6, 6.07) is 11.0. The van der Waals surface area contributed by atoms with Gasteiger partial charge in [0.25, 0.3) is 0 Å². The first-order valence-electron chi connectivity index (χ1n) is 5.23. The number of halogens is 3. The number of aryl methyl sites for hydroxylation is 1. The number of hydrogen-bond donors (Lipinski definition) is 0. The van der Waals surface area contributed by atoms with Crippen molar-refractivity contribution in [3.63, 3.8) is 0 Å². The van der Waals surface area contributed by atoms with E-state index in [2.05, 4.69) is 0 Å². The molecular weight excluding hydrogens is 242 g/mol. The summed E-state index contributed by atoms with van der Waals surface area (Å²) in [5.41, 5.74) is 2.14. The van der Waals surface area contributed by atoms with Crippen molar-refractivity contribution in [3.8, 4) is 0 Å². The maximum Gasteiger partial charge on any atom is 0.131 e. The van der Waals surface area contributed by atoms with Crippen molar-refractivity contribution in [2.45, 2.75) is 12.3 Å². The Morgan fingerprint density at radius 1 is 1.06 bits per heavy atom. The van der Waals surface area contributed by atoms with Crippen LogP contribution in [0, 0.1) is 18.6 Å². The van der Waals surface area contributed by atoms with E-state index in [0.717, 1.165) is 17.2 Å². The first-order valence-corrected chi connectivity index (χ1v) is 5.67. The average Bonchev–Trinajstić information content (AvgIpc) is 2.28. The van der Waals surface area contributed by atoms with E-state index < -0.39 is 17.0 Å². The summed E-state index contributed by atoms with van der Waals surface area (Å²) < 4.78 is 26.4. The van der Waals surface area contributed by atoms with Crippen molar-refractivity contribution in [2.24, 2.45) is 0 Å². The van der Waals surface area contributed by atoms with Gasteiger partial charge in [-0.3, -0.25) is 0 Å². The number of hydrogen-bond acceptors (Lipinski definition) is 0. The molecule has 2 aromatic rings. The van der Waals surface area contributed by atoms with Gasteiger partial charge in [-0.2, -0.15) is 0 Å². The van der Waals surface area contributed by atoms with E-state index in [9.17, 15) is 8.78 Å².